The van der Waals surface area contributed by atoms with Crippen LogP contribution >= 0.6 is 0 Å². The number of rotatable bonds is 4. The lowest BCUT2D eigenvalue weighted by Gasteiger charge is -2.30. The summed E-state index contributed by atoms with van der Waals surface area (Å²) in [7, 11) is 0. The van der Waals surface area contributed by atoms with Gasteiger partial charge in [0.2, 0.25) is 0 Å². The van der Waals surface area contributed by atoms with Crippen molar-refractivity contribution in [2.24, 2.45) is 0 Å². The highest BCUT2D eigenvalue weighted by Crippen LogP contribution is 2.11. The summed E-state index contributed by atoms with van der Waals surface area (Å²) in [5.41, 5.74) is 0. The molecule has 2 nitrogen and oxygen atoms in total. The van der Waals surface area contributed by atoms with Crippen LogP contribution in [0.4, 0.5) is 0 Å². The summed E-state index contributed by atoms with van der Waals surface area (Å²) in [6.07, 6.45) is 0. The maximum atomic E-state index is 2.52. The van der Waals surface area contributed by atoms with Crippen LogP contribution in [0.25, 0.3) is 0 Å². The van der Waals surface area contributed by atoms with E-state index in [0.29, 0.717) is 12.1 Å². The smallest absolute Gasteiger partial charge is 0.0512 e. The van der Waals surface area contributed by atoms with Gasteiger partial charge in [-0.25, -0.2) is 0 Å². The van der Waals surface area contributed by atoms with E-state index in [9.17, 15) is 0 Å². The molecule has 1 saturated heterocycles. The molecule has 1 aliphatic heterocycles. The second-order valence-electron chi connectivity index (χ2n) is 3.96. The molecule has 2 heteroatoms. The summed E-state index contributed by atoms with van der Waals surface area (Å²) in [5, 5.41) is 0. The van der Waals surface area contributed by atoms with Gasteiger partial charge in [0, 0.05) is 25.2 Å². The third kappa shape index (κ3) is 2.80. The molecule has 11 heavy (non-hydrogen) atoms. The Hall–Kier alpha value is -0.0800. The maximum absolute atomic E-state index is 2.52. The summed E-state index contributed by atoms with van der Waals surface area (Å²) >= 11 is 0. The fourth-order valence-electron chi connectivity index (χ4n) is 1.37. The minimum Gasteiger partial charge on any atom is -0.288 e. The molecule has 0 aromatic heterocycles. The van der Waals surface area contributed by atoms with Crippen molar-refractivity contribution >= 4 is 0 Å². The predicted molar refractivity (Wildman–Crippen MR) is 48.6 cm³/mol. The quantitative estimate of drug-likeness (QED) is 0.567. The first-order valence-electron chi connectivity index (χ1n) is 4.59. The van der Waals surface area contributed by atoms with Gasteiger partial charge in [0.05, 0.1) is 6.67 Å². The zero-order chi connectivity index (χ0) is 8.43. The molecule has 0 aromatic carbocycles. The molecule has 0 atom stereocenters. The molecule has 0 spiro atoms. The van der Waals surface area contributed by atoms with Crippen molar-refractivity contribution < 1.29 is 0 Å². The highest BCUT2D eigenvalue weighted by Gasteiger charge is 2.23. The van der Waals surface area contributed by atoms with Crippen LogP contribution in [0.3, 0.4) is 0 Å². The second-order valence-corrected chi connectivity index (χ2v) is 3.96. The van der Waals surface area contributed by atoms with Crippen LogP contribution in [0.15, 0.2) is 0 Å². The molecular weight excluding hydrogens is 136 g/mol. The Morgan fingerprint density at radius 3 is 1.82 bits per heavy atom. The zero-order valence-electron chi connectivity index (χ0n) is 8.17. The summed E-state index contributed by atoms with van der Waals surface area (Å²) < 4.78 is 0. The van der Waals surface area contributed by atoms with Gasteiger partial charge in [-0.3, -0.25) is 9.80 Å². The molecule has 1 heterocycles. The van der Waals surface area contributed by atoms with Gasteiger partial charge in [-0.05, 0) is 27.7 Å². The lowest BCUT2D eigenvalue weighted by atomic mass is 10.2. The summed E-state index contributed by atoms with van der Waals surface area (Å²) in [5.74, 6) is 0. The third-order valence-corrected chi connectivity index (χ3v) is 2.23. The Morgan fingerprint density at radius 2 is 1.55 bits per heavy atom. The Kier molecular flexibility index (Phi) is 2.90. The molecule has 0 radical (unpaired) electrons. The monoisotopic (exact) mass is 156 g/mol. The van der Waals surface area contributed by atoms with Crippen LogP contribution in [0.1, 0.15) is 27.7 Å². The predicted octanol–water partition coefficient (Wildman–Crippen LogP) is 1.38. The summed E-state index contributed by atoms with van der Waals surface area (Å²) in [4.78, 5) is 4.98. The van der Waals surface area contributed by atoms with E-state index >= 15 is 0 Å². The molecular formula is C9H20N2. The van der Waals surface area contributed by atoms with Crippen LogP contribution in [0, 0.1) is 0 Å². The van der Waals surface area contributed by atoms with E-state index in [1.165, 1.54) is 13.1 Å². The fraction of sp³-hybridized carbons (Fsp3) is 1.00. The van der Waals surface area contributed by atoms with Crippen molar-refractivity contribution in [3.05, 3.63) is 0 Å². The third-order valence-electron chi connectivity index (χ3n) is 2.23. The van der Waals surface area contributed by atoms with Crippen molar-refractivity contribution in [2.45, 2.75) is 39.8 Å². The Bertz CT molecular complexity index is 109. The van der Waals surface area contributed by atoms with Crippen LogP contribution < -0.4 is 0 Å². The molecule has 0 aliphatic carbocycles. The molecule has 0 N–H and O–H groups in total. The second kappa shape index (κ2) is 3.55. The van der Waals surface area contributed by atoms with E-state index in [0.717, 1.165) is 6.67 Å². The lowest BCUT2D eigenvalue weighted by molar-refractivity contribution is 0.132. The van der Waals surface area contributed by atoms with E-state index in [1.807, 2.05) is 0 Å². The van der Waals surface area contributed by atoms with E-state index < -0.39 is 0 Å². The average molecular weight is 156 g/mol. The Labute approximate surface area is 70.2 Å². The highest BCUT2D eigenvalue weighted by atomic mass is 15.4. The normalized spacial score (nSPS) is 18.8. The molecule has 0 aromatic rings. The van der Waals surface area contributed by atoms with Crippen LogP contribution in [-0.4, -0.2) is 41.6 Å². The van der Waals surface area contributed by atoms with Gasteiger partial charge in [-0.15, -0.1) is 0 Å². The van der Waals surface area contributed by atoms with Gasteiger partial charge < -0.3 is 0 Å². The standard InChI is InChI=1S/C9H20N2/c1-8(2)11(9(3)4)7-10-5-6-10/h8-9H,5-7H2,1-4H3. The minimum absolute atomic E-state index is 0.676. The molecule has 66 valence electrons. The van der Waals surface area contributed by atoms with Crippen molar-refractivity contribution in [1.29, 1.82) is 0 Å². The van der Waals surface area contributed by atoms with Crippen molar-refractivity contribution in [2.75, 3.05) is 19.8 Å². The lowest BCUT2D eigenvalue weighted by Crippen LogP contribution is -2.40. The SMILES string of the molecule is CC(C)N(CN1CC1)C(C)C. The molecule has 1 fully saturated rings. The molecule has 1 rings (SSSR count). The molecule has 0 amide bonds. The first kappa shape index (κ1) is 9.01. The van der Waals surface area contributed by atoms with Crippen LogP contribution in [0.5, 0.6) is 0 Å². The van der Waals surface area contributed by atoms with Crippen LogP contribution in [0.2, 0.25) is 0 Å². The van der Waals surface area contributed by atoms with Crippen molar-refractivity contribution in [3.63, 3.8) is 0 Å². The van der Waals surface area contributed by atoms with Gasteiger partial charge in [0.25, 0.3) is 0 Å². The molecule has 0 saturated carbocycles. The molecule has 0 unspecified atom stereocenters. The Balaban J connectivity index is 2.31. The number of nitrogens with zero attached hydrogens (tertiary/aromatic N) is 2. The number of hydrogen-bond donors (Lipinski definition) is 0. The first-order valence-corrected chi connectivity index (χ1v) is 4.59. The van der Waals surface area contributed by atoms with Gasteiger partial charge >= 0.3 is 0 Å². The topological polar surface area (TPSA) is 6.25 Å². The Morgan fingerprint density at radius 1 is 1.09 bits per heavy atom. The summed E-state index contributed by atoms with van der Waals surface area (Å²) in [6.45, 7) is 12.8. The van der Waals surface area contributed by atoms with Crippen LogP contribution in [-0.2, 0) is 0 Å². The summed E-state index contributed by atoms with van der Waals surface area (Å²) in [6, 6.07) is 1.35. The number of hydrogen-bond acceptors (Lipinski definition) is 2. The van der Waals surface area contributed by atoms with Gasteiger partial charge in [-0.2, -0.15) is 0 Å². The van der Waals surface area contributed by atoms with Crippen molar-refractivity contribution in [3.8, 4) is 0 Å². The van der Waals surface area contributed by atoms with Gasteiger partial charge in [0.15, 0.2) is 0 Å². The first-order chi connectivity index (χ1) is 5.11. The van der Waals surface area contributed by atoms with Gasteiger partial charge in [-0.1, -0.05) is 0 Å². The molecule has 1 aliphatic rings. The largest absolute Gasteiger partial charge is 0.288 e. The van der Waals surface area contributed by atoms with E-state index in [4.69, 9.17) is 0 Å². The fourth-order valence-corrected chi connectivity index (χ4v) is 1.37. The molecule has 0 bridgehead atoms. The highest BCUT2D eigenvalue weighted by molar-refractivity contribution is 4.75. The average Bonchev–Trinajstić information content (AvgIpc) is 2.63. The van der Waals surface area contributed by atoms with Crippen molar-refractivity contribution in [1.82, 2.24) is 9.80 Å². The zero-order valence-corrected chi connectivity index (χ0v) is 8.17. The van der Waals surface area contributed by atoms with E-state index in [2.05, 4.69) is 37.5 Å². The minimum atomic E-state index is 0.676. The van der Waals surface area contributed by atoms with E-state index in [-0.39, 0.29) is 0 Å². The van der Waals surface area contributed by atoms with Gasteiger partial charge in [0.1, 0.15) is 0 Å². The maximum Gasteiger partial charge on any atom is 0.0512 e. The van der Waals surface area contributed by atoms with E-state index in [1.54, 1.807) is 0 Å².